The molecule has 5 nitrogen and oxygen atoms in total. The summed E-state index contributed by atoms with van der Waals surface area (Å²) in [5, 5.41) is 10.3. The lowest BCUT2D eigenvalue weighted by Gasteiger charge is -2.10. The molecule has 3 rings (SSSR count). The van der Waals surface area contributed by atoms with Crippen molar-refractivity contribution in [1.82, 2.24) is 24.7 Å². The fourth-order valence-electron chi connectivity index (χ4n) is 2.53. The highest BCUT2D eigenvalue weighted by Crippen LogP contribution is 2.27. The van der Waals surface area contributed by atoms with Crippen molar-refractivity contribution in [3.05, 3.63) is 53.4 Å². The van der Waals surface area contributed by atoms with E-state index >= 15 is 0 Å². The summed E-state index contributed by atoms with van der Waals surface area (Å²) in [5.74, 6) is 2.10. The van der Waals surface area contributed by atoms with Crippen molar-refractivity contribution in [3.63, 3.8) is 0 Å². The van der Waals surface area contributed by atoms with Gasteiger partial charge in [0.05, 0.1) is 5.75 Å². The van der Waals surface area contributed by atoms with Gasteiger partial charge >= 0.3 is 0 Å². The first-order valence-electron chi connectivity index (χ1n) is 8.85. The van der Waals surface area contributed by atoms with Crippen LogP contribution in [0.4, 0.5) is 4.39 Å². The third kappa shape index (κ3) is 5.29. The molecule has 0 unspecified atom stereocenters. The molecule has 0 atom stereocenters. The van der Waals surface area contributed by atoms with Gasteiger partial charge in [-0.3, -0.25) is 4.57 Å². The highest BCUT2D eigenvalue weighted by Gasteiger charge is 2.15. The Balaban J connectivity index is 1.86. The molecule has 142 valence electrons. The van der Waals surface area contributed by atoms with Crippen LogP contribution in [0.15, 0.2) is 40.6 Å². The molecular formula is C19H22FN5S2. The number of hydrogen-bond donors (Lipinski definition) is 0. The molecule has 0 spiro atoms. The van der Waals surface area contributed by atoms with Gasteiger partial charge in [-0.05, 0) is 50.6 Å². The Morgan fingerprint density at radius 2 is 1.70 bits per heavy atom. The lowest BCUT2D eigenvalue weighted by Crippen LogP contribution is -2.03. The van der Waals surface area contributed by atoms with Crippen LogP contribution in [0.5, 0.6) is 0 Å². The van der Waals surface area contributed by atoms with Crippen LogP contribution >= 0.6 is 23.5 Å². The van der Waals surface area contributed by atoms with Gasteiger partial charge in [-0.25, -0.2) is 14.4 Å². The summed E-state index contributed by atoms with van der Waals surface area (Å²) >= 11 is 3.20. The summed E-state index contributed by atoms with van der Waals surface area (Å²) in [6.07, 6.45) is 2.24. The highest BCUT2D eigenvalue weighted by atomic mass is 32.2. The van der Waals surface area contributed by atoms with E-state index in [-0.39, 0.29) is 5.82 Å². The number of aromatic nitrogens is 5. The van der Waals surface area contributed by atoms with Crippen LogP contribution < -0.4 is 0 Å². The molecule has 3 aromatic rings. The first-order chi connectivity index (χ1) is 13.1. The molecule has 27 heavy (non-hydrogen) atoms. The van der Waals surface area contributed by atoms with Crippen molar-refractivity contribution in [2.75, 3.05) is 5.75 Å². The summed E-state index contributed by atoms with van der Waals surface area (Å²) in [7, 11) is 0. The van der Waals surface area contributed by atoms with Crippen LogP contribution in [0.3, 0.4) is 0 Å². The summed E-state index contributed by atoms with van der Waals surface area (Å²) in [6.45, 7) is 6.08. The van der Waals surface area contributed by atoms with E-state index in [9.17, 15) is 4.39 Å². The molecule has 0 radical (unpaired) electrons. The predicted octanol–water partition coefficient (Wildman–Crippen LogP) is 5.00. The van der Waals surface area contributed by atoms with Gasteiger partial charge in [-0.1, -0.05) is 36.9 Å². The monoisotopic (exact) mass is 403 g/mol. The molecule has 0 N–H and O–H groups in total. The molecule has 8 heteroatoms. The topological polar surface area (TPSA) is 56.5 Å². The van der Waals surface area contributed by atoms with E-state index < -0.39 is 0 Å². The molecule has 1 aromatic carbocycles. The molecular weight excluding hydrogens is 381 g/mol. The number of aryl methyl sites for hydroxylation is 2. The van der Waals surface area contributed by atoms with Gasteiger partial charge in [-0.15, -0.1) is 10.2 Å². The van der Waals surface area contributed by atoms with Crippen LogP contribution in [0.25, 0.3) is 5.69 Å². The smallest absolute Gasteiger partial charge is 0.195 e. The van der Waals surface area contributed by atoms with Crippen molar-refractivity contribution in [1.29, 1.82) is 0 Å². The minimum atomic E-state index is -0.258. The molecule has 0 amide bonds. The second kappa shape index (κ2) is 9.32. The first-order valence-corrected chi connectivity index (χ1v) is 10.8. The number of nitrogens with zero attached hydrogens (tertiary/aromatic N) is 5. The van der Waals surface area contributed by atoms with Crippen molar-refractivity contribution in [2.24, 2.45) is 0 Å². The molecule has 0 aliphatic rings. The lowest BCUT2D eigenvalue weighted by molar-refractivity contribution is 0.627. The Hall–Kier alpha value is -1.93. The van der Waals surface area contributed by atoms with Gasteiger partial charge in [-0.2, -0.15) is 0 Å². The van der Waals surface area contributed by atoms with Crippen LogP contribution in [0.1, 0.15) is 37.0 Å². The molecule has 0 aliphatic heterocycles. The van der Waals surface area contributed by atoms with E-state index in [1.165, 1.54) is 23.9 Å². The normalized spacial score (nSPS) is 11.1. The maximum atomic E-state index is 13.4. The second-order valence-corrected chi connectivity index (χ2v) is 8.14. The molecule has 0 saturated heterocycles. The zero-order chi connectivity index (χ0) is 19.2. The van der Waals surface area contributed by atoms with E-state index in [1.807, 2.05) is 24.5 Å². The zero-order valence-corrected chi connectivity index (χ0v) is 17.3. The van der Waals surface area contributed by atoms with Gasteiger partial charge in [0.15, 0.2) is 10.3 Å². The average Bonchev–Trinajstić information content (AvgIpc) is 3.03. The molecule has 0 aliphatic carbocycles. The predicted molar refractivity (Wildman–Crippen MR) is 108 cm³/mol. The van der Waals surface area contributed by atoms with Gasteiger partial charge in [0.2, 0.25) is 0 Å². The minimum absolute atomic E-state index is 0.258. The third-order valence-corrected chi connectivity index (χ3v) is 5.66. The van der Waals surface area contributed by atoms with Gasteiger partial charge in [0, 0.05) is 22.8 Å². The fourth-order valence-corrected chi connectivity index (χ4v) is 4.45. The zero-order valence-electron chi connectivity index (χ0n) is 15.6. The van der Waals surface area contributed by atoms with Crippen LogP contribution in [-0.4, -0.2) is 30.5 Å². The summed E-state index contributed by atoms with van der Waals surface area (Å²) in [5.41, 5.74) is 2.75. The van der Waals surface area contributed by atoms with Gasteiger partial charge in [0.1, 0.15) is 11.6 Å². The standard InChI is InChI=1S/C19H22FN5S2/c1-4-5-10-26-19-24-23-17(25(19)16-8-6-15(20)7-9-16)12-27-18-21-13(2)11-14(3)22-18/h6-9,11H,4-5,10,12H2,1-3H3. The summed E-state index contributed by atoms with van der Waals surface area (Å²) in [6, 6.07) is 8.38. The minimum Gasteiger partial charge on any atom is -0.273 e. The van der Waals surface area contributed by atoms with Crippen LogP contribution in [-0.2, 0) is 5.75 Å². The number of hydrogen-bond acceptors (Lipinski definition) is 6. The Labute approximate surface area is 167 Å². The fraction of sp³-hybridized carbons (Fsp3) is 0.368. The van der Waals surface area contributed by atoms with E-state index in [1.54, 1.807) is 23.9 Å². The molecule has 2 aromatic heterocycles. The number of benzene rings is 1. The molecule has 0 bridgehead atoms. The number of rotatable bonds is 8. The Bertz CT molecular complexity index is 875. The maximum Gasteiger partial charge on any atom is 0.195 e. The first kappa shape index (κ1) is 19.8. The Morgan fingerprint density at radius 3 is 2.37 bits per heavy atom. The van der Waals surface area contributed by atoms with E-state index in [2.05, 4.69) is 27.1 Å². The van der Waals surface area contributed by atoms with E-state index in [0.717, 1.165) is 51.8 Å². The van der Waals surface area contributed by atoms with Crippen molar-refractivity contribution < 1.29 is 4.39 Å². The molecule has 0 fully saturated rings. The Morgan fingerprint density at radius 1 is 1.00 bits per heavy atom. The van der Waals surface area contributed by atoms with Crippen LogP contribution in [0.2, 0.25) is 0 Å². The van der Waals surface area contributed by atoms with Crippen LogP contribution in [0, 0.1) is 19.7 Å². The third-order valence-electron chi connectivity index (χ3n) is 3.81. The van der Waals surface area contributed by atoms with E-state index in [0.29, 0.717) is 5.75 Å². The number of unbranched alkanes of at least 4 members (excludes halogenated alkanes) is 1. The second-order valence-electron chi connectivity index (χ2n) is 6.13. The van der Waals surface area contributed by atoms with E-state index in [4.69, 9.17) is 0 Å². The molecule has 2 heterocycles. The van der Waals surface area contributed by atoms with Gasteiger partial charge < -0.3 is 0 Å². The van der Waals surface area contributed by atoms with Gasteiger partial charge in [0.25, 0.3) is 0 Å². The largest absolute Gasteiger partial charge is 0.273 e. The van der Waals surface area contributed by atoms with Crippen molar-refractivity contribution in [3.8, 4) is 5.69 Å². The highest BCUT2D eigenvalue weighted by molar-refractivity contribution is 7.99. The maximum absolute atomic E-state index is 13.4. The SMILES string of the molecule is CCCCSc1nnc(CSc2nc(C)cc(C)n2)n1-c1ccc(F)cc1. The summed E-state index contributed by atoms with van der Waals surface area (Å²) < 4.78 is 15.4. The number of thioether (sulfide) groups is 2. The quantitative estimate of drug-likeness (QED) is 0.300. The molecule has 0 saturated carbocycles. The number of halogens is 1. The lowest BCUT2D eigenvalue weighted by atomic mass is 10.3. The Kier molecular flexibility index (Phi) is 6.84. The van der Waals surface area contributed by atoms with Crippen molar-refractivity contribution >= 4 is 23.5 Å². The summed E-state index contributed by atoms with van der Waals surface area (Å²) in [4.78, 5) is 8.94. The average molecular weight is 404 g/mol. The van der Waals surface area contributed by atoms with Crippen molar-refractivity contribution in [2.45, 2.75) is 49.7 Å².